The van der Waals surface area contributed by atoms with Gasteiger partial charge < -0.3 is 15.4 Å². The zero-order valence-corrected chi connectivity index (χ0v) is 11.1. The third-order valence-corrected chi connectivity index (χ3v) is 3.06. The summed E-state index contributed by atoms with van der Waals surface area (Å²) in [5.74, 6) is 0. The van der Waals surface area contributed by atoms with Gasteiger partial charge in [-0.15, -0.1) is 0 Å². The van der Waals surface area contributed by atoms with Crippen molar-refractivity contribution < 1.29 is 4.74 Å². The van der Waals surface area contributed by atoms with Crippen LogP contribution in [0.3, 0.4) is 0 Å². The highest BCUT2D eigenvalue weighted by atomic mass is 16.5. The second-order valence-electron chi connectivity index (χ2n) is 4.15. The Hall–Kier alpha value is -1.06. The fourth-order valence-corrected chi connectivity index (χ4v) is 1.96. The van der Waals surface area contributed by atoms with Crippen molar-refractivity contribution in [2.45, 2.75) is 26.3 Å². The molecule has 0 fully saturated rings. The number of hydrogen-bond donors (Lipinski definition) is 1. The lowest BCUT2D eigenvalue weighted by atomic mass is 10.0. The molecular weight excluding hydrogens is 212 g/mol. The molecule has 0 aliphatic carbocycles. The summed E-state index contributed by atoms with van der Waals surface area (Å²) in [6.07, 6.45) is 0.957. The Morgan fingerprint density at radius 1 is 1.29 bits per heavy atom. The van der Waals surface area contributed by atoms with Gasteiger partial charge in [-0.05, 0) is 25.0 Å². The summed E-state index contributed by atoms with van der Waals surface area (Å²) < 4.78 is 5.15. The highest BCUT2D eigenvalue weighted by Crippen LogP contribution is 2.26. The van der Waals surface area contributed by atoms with Crippen LogP contribution in [0.2, 0.25) is 0 Å². The van der Waals surface area contributed by atoms with E-state index in [0.717, 1.165) is 26.1 Å². The number of rotatable bonds is 7. The number of nitrogens with two attached hydrogens (primary N) is 1. The minimum absolute atomic E-state index is 0.114. The Labute approximate surface area is 105 Å². The van der Waals surface area contributed by atoms with Crippen LogP contribution >= 0.6 is 0 Å². The van der Waals surface area contributed by atoms with E-state index in [9.17, 15) is 0 Å². The van der Waals surface area contributed by atoms with E-state index in [4.69, 9.17) is 10.5 Å². The van der Waals surface area contributed by atoms with Crippen molar-refractivity contribution in [1.29, 1.82) is 0 Å². The van der Waals surface area contributed by atoms with E-state index in [1.165, 1.54) is 11.3 Å². The van der Waals surface area contributed by atoms with Gasteiger partial charge in [-0.25, -0.2) is 0 Å². The van der Waals surface area contributed by atoms with Crippen LogP contribution in [-0.4, -0.2) is 26.8 Å². The molecule has 1 atom stereocenters. The summed E-state index contributed by atoms with van der Waals surface area (Å²) in [6.45, 7) is 6.89. The molecule has 0 bridgehead atoms. The normalized spacial score (nSPS) is 12.5. The van der Waals surface area contributed by atoms with Crippen molar-refractivity contribution in [2.24, 2.45) is 5.73 Å². The van der Waals surface area contributed by atoms with Crippen molar-refractivity contribution in [3.8, 4) is 0 Å². The zero-order valence-electron chi connectivity index (χ0n) is 11.1. The molecule has 0 aliphatic heterocycles. The largest absolute Gasteiger partial charge is 0.383 e. The third kappa shape index (κ3) is 3.72. The van der Waals surface area contributed by atoms with Gasteiger partial charge in [0.15, 0.2) is 0 Å². The van der Waals surface area contributed by atoms with Gasteiger partial charge in [0.2, 0.25) is 0 Å². The molecule has 0 aliphatic rings. The summed E-state index contributed by atoms with van der Waals surface area (Å²) in [5.41, 5.74) is 8.63. The lowest BCUT2D eigenvalue weighted by molar-refractivity contribution is 0.205. The van der Waals surface area contributed by atoms with Crippen LogP contribution in [0.15, 0.2) is 24.3 Å². The molecule has 1 unspecified atom stereocenters. The first-order valence-electron chi connectivity index (χ1n) is 6.32. The van der Waals surface area contributed by atoms with Gasteiger partial charge in [-0.1, -0.05) is 25.1 Å². The Bertz CT molecular complexity index is 328. The smallest absolute Gasteiger partial charge is 0.0637 e. The van der Waals surface area contributed by atoms with Gasteiger partial charge >= 0.3 is 0 Å². The van der Waals surface area contributed by atoms with Crippen molar-refractivity contribution in [1.82, 2.24) is 0 Å². The summed E-state index contributed by atoms with van der Waals surface area (Å²) in [7, 11) is 1.73. The maximum Gasteiger partial charge on any atom is 0.0637 e. The molecule has 3 heteroatoms. The van der Waals surface area contributed by atoms with E-state index < -0.39 is 0 Å². The molecule has 96 valence electrons. The number of hydrogen-bond acceptors (Lipinski definition) is 3. The molecule has 1 rings (SSSR count). The molecule has 1 aromatic rings. The van der Waals surface area contributed by atoms with E-state index in [2.05, 4.69) is 43.0 Å². The third-order valence-electron chi connectivity index (χ3n) is 3.06. The van der Waals surface area contributed by atoms with Gasteiger partial charge in [-0.3, -0.25) is 0 Å². The molecule has 0 spiro atoms. The quantitative estimate of drug-likeness (QED) is 0.790. The van der Waals surface area contributed by atoms with Crippen LogP contribution in [0.4, 0.5) is 5.69 Å². The molecule has 3 nitrogen and oxygen atoms in total. The monoisotopic (exact) mass is 236 g/mol. The topological polar surface area (TPSA) is 38.5 Å². The molecule has 0 saturated heterocycles. The summed E-state index contributed by atoms with van der Waals surface area (Å²) >= 11 is 0. The standard InChI is InChI=1S/C14H24N2O/c1-4-13(15)12-8-6-7-9-14(12)16(5-2)10-11-17-3/h6-9,13H,4-5,10-11,15H2,1-3H3. The second kappa shape index (κ2) is 7.30. The Morgan fingerprint density at radius 3 is 2.59 bits per heavy atom. The summed E-state index contributed by atoms with van der Waals surface area (Å²) in [5, 5.41) is 0. The predicted octanol–water partition coefficient (Wildman–Crippen LogP) is 2.57. The number of ether oxygens (including phenoxy) is 1. The van der Waals surface area contributed by atoms with Gasteiger partial charge in [0, 0.05) is 31.9 Å². The highest BCUT2D eigenvalue weighted by Gasteiger charge is 2.13. The summed E-state index contributed by atoms with van der Waals surface area (Å²) in [6, 6.07) is 8.50. The molecule has 0 heterocycles. The Morgan fingerprint density at radius 2 is 2.00 bits per heavy atom. The molecule has 0 radical (unpaired) electrons. The number of para-hydroxylation sites is 1. The lowest BCUT2D eigenvalue weighted by Crippen LogP contribution is -2.28. The number of benzene rings is 1. The van der Waals surface area contributed by atoms with Crippen LogP contribution < -0.4 is 10.6 Å². The number of methoxy groups -OCH3 is 1. The van der Waals surface area contributed by atoms with E-state index in [0.29, 0.717) is 0 Å². The second-order valence-corrected chi connectivity index (χ2v) is 4.15. The van der Waals surface area contributed by atoms with Crippen LogP contribution in [0.5, 0.6) is 0 Å². The summed E-state index contributed by atoms with van der Waals surface area (Å²) in [4.78, 5) is 2.31. The molecule has 0 saturated carbocycles. The van der Waals surface area contributed by atoms with E-state index in [1.807, 2.05) is 0 Å². The lowest BCUT2D eigenvalue weighted by Gasteiger charge is -2.27. The molecular formula is C14H24N2O. The van der Waals surface area contributed by atoms with Crippen molar-refractivity contribution in [3.05, 3.63) is 29.8 Å². The predicted molar refractivity (Wildman–Crippen MR) is 73.4 cm³/mol. The molecule has 17 heavy (non-hydrogen) atoms. The zero-order chi connectivity index (χ0) is 12.7. The molecule has 0 aromatic heterocycles. The average molecular weight is 236 g/mol. The minimum atomic E-state index is 0.114. The first-order valence-corrected chi connectivity index (χ1v) is 6.32. The number of nitrogens with zero attached hydrogens (tertiary/aromatic N) is 1. The van der Waals surface area contributed by atoms with Crippen molar-refractivity contribution >= 4 is 5.69 Å². The van der Waals surface area contributed by atoms with Gasteiger partial charge in [0.25, 0.3) is 0 Å². The van der Waals surface area contributed by atoms with Crippen LogP contribution in [0.1, 0.15) is 31.9 Å². The van der Waals surface area contributed by atoms with E-state index in [1.54, 1.807) is 7.11 Å². The average Bonchev–Trinajstić information content (AvgIpc) is 2.39. The SMILES string of the molecule is CCC(N)c1ccccc1N(CC)CCOC. The Balaban J connectivity index is 2.93. The number of anilines is 1. The fraction of sp³-hybridized carbons (Fsp3) is 0.571. The maximum atomic E-state index is 6.16. The Kier molecular flexibility index (Phi) is 6.01. The first-order chi connectivity index (χ1) is 8.24. The van der Waals surface area contributed by atoms with Crippen LogP contribution in [0.25, 0.3) is 0 Å². The van der Waals surface area contributed by atoms with Crippen molar-refractivity contribution in [2.75, 3.05) is 31.7 Å². The highest BCUT2D eigenvalue weighted by molar-refractivity contribution is 5.54. The van der Waals surface area contributed by atoms with Gasteiger partial charge in [0.1, 0.15) is 0 Å². The van der Waals surface area contributed by atoms with Crippen LogP contribution in [-0.2, 0) is 4.74 Å². The van der Waals surface area contributed by atoms with Gasteiger partial charge in [-0.2, -0.15) is 0 Å². The van der Waals surface area contributed by atoms with Gasteiger partial charge in [0.05, 0.1) is 6.61 Å². The minimum Gasteiger partial charge on any atom is -0.383 e. The van der Waals surface area contributed by atoms with E-state index >= 15 is 0 Å². The van der Waals surface area contributed by atoms with Crippen LogP contribution in [0, 0.1) is 0 Å². The first kappa shape index (κ1) is 14.0. The number of likely N-dealkylation sites (N-methyl/N-ethyl adjacent to an activating group) is 1. The van der Waals surface area contributed by atoms with E-state index in [-0.39, 0.29) is 6.04 Å². The maximum absolute atomic E-state index is 6.16. The molecule has 2 N–H and O–H groups in total. The van der Waals surface area contributed by atoms with Crippen molar-refractivity contribution in [3.63, 3.8) is 0 Å². The molecule has 1 aromatic carbocycles. The fourth-order valence-electron chi connectivity index (χ4n) is 1.96. The molecule has 0 amide bonds.